The molecule has 4 heteroatoms. The van der Waals surface area contributed by atoms with Crippen LogP contribution in [0.3, 0.4) is 0 Å². The minimum Gasteiger partial charge on any atom is -0.387 e. The van der Waals surface area contributed by atoms with Gasteiger partial charge in [-0.3, -0.25) is 4.68 Å². The molecule has 0 aliphatic rings. The number of hydrogen-bond donors (Lipinski definition) is 2. The molecule has 1 aromatic heterocycles. The van der Waals surface area contributed by atoms with Crippen LogP contribution in [-0.2, 0) is 6.54 Å². The second kappa shape index (κ2) is 4.57. The Hall–Kier alpha value is -0.870. The topological polar surface area (TPSA) is 64.1 Å². The molecule has 1 unspecified atom stereocenters. The van der Waals surface area contributed by atoms with Gasteiger partial charge in [-0.1, -0.05) is 13.8 Å². The number of aliphatic hydroxyl groups is 1. The minimum atomic E-state index is -0.587. The molecule has 0 radical (unpaired) electrons. The lowest BCUT2D eigenvalue weighted by Gasteiger charge is -2.10. The average Bonchev–Trinajstić information content (AvgIpc) is 2.46. The Bertz CT molecular complexity index is 294. The number of aromatic nitrogens is 2. The summed E-state index contributed by atoms with van der Waals surface area (Å²) < 4.78 is 1.92. The molecule has 0 saturated heterocycles. The maximum atomic E-state index is 9.58. The van der Waals surface area contributed by atoms with Gasteiger partial charge in [0, 0.05) is 24.3 Å². The number of aliphatic hydroxyl groups excluding tert-OH is 1. The van der Waals surface area contributed by atoms with Gasteiger partial charge in [-0.25, -0.2) is 0 Å². The maximum absolute atomic E-state index is 9.58. The summed E-state index contributed by atoms with van der Waals surface area (Å²) in [4.78, 5) is 0. The van der Waals surface area contributed by atoms with Crippen molar-refractivity contribution in [2.24, 2.45) is 11.7 Å². The number of nitrogens with two attached hydrogens (primary N) is 1. The van der Waals surface area contributed by atoms with Crippen LogP contribution in [-0.4, -0.2) is 21.4 Å². The van der Waals surface area contributed by atoms with Crippen molar-refractivity contribution in [2.45, 2.75) is 33.4 Å². The smallest absolute Gasteiger partial charge is 0.0945 e. The second-order valence-corrected chi connectivity index (χ2v) is 4.01. The number of nitrogens with zero attached hydrogens (tertiary/aromatic N) is 2. The van der Waals surface area contributed by atoms with E-state index < -0.39 is 6.10 Å². The van der Waals surface area contributed by atoms with Gasteiger partial charge < -0.3 is 10.8 Å². The Labute approximate surface area is 84.7 Å². The number of hydrogen-bond acceptors (Lipinski definition) is 3. The van der Waals surface area contributed by atoms with E-state index >= 15 is 0 Å². The van der Waals surface area contributed by atoms with Crippen molar-refractivity contribution in [1.29, 1.82) is 0 Å². The van der Waals surface area contributed by atoms with Gasteiger partial charge in [0.1, 0.15) is 0 Å². The van der Waals surface area contributed by atoms with Crippen molar-refractivity contribution in [3.05, 3.63) is 17.5 Å². The van der Waals surface area contributed by atoms with E-state index in [0.29, 0.717) is 5.92 Å². The van der Waals surface area contributed by atoms with Gasteiger partial charge in [0.05, 0.1) is 12.3 Å². The van der Waals surface area contributed by atoms with E-state index in [1.807, 2.05) is 11.6 Å². The zero-order valence-corrected chi connectivity index (χ0v) is 9.07. The van der Waals surface area contributed by atoms with E-state index in [4.69, 9.17) is 5.73 Å². The summed E-state index contributed by atoms with van der Waals surface area (Å²) in [6.07, 6.45) is 1.12. The molecule has 80 valence electrons. The zero-order chi connectivity index (χ0) is 10.7. The quantitative estimate of drug-likeness (QED) is 0.751. The molecule has 0 aliphatic heterocycles. The van der Waals surface area contributed by atoms with Crippen LogP contribution in [0, 0.1) is 12.8 Å². The lowest BCUT2D eigenvalue weighted by Crippen LogP contribution is -2.13. The molecule has 1 aromatic rings. The predicted octanol–water partition coefficient (Wildman–Crippen LogP) is 0.840. The van der Waals surface area contributed by atoms with Crippen LogP contribution < -0.4 is 5.73 Å². The fourth-order valence-electron chi connectivity index (χ4n) is 1.45. The van der Waals surface area contributed by atoms with Crippen LogP contribution in [0.5, 0.6) is 0 Å². The van der Waals surface area contributed by atoms with Gasteiger partial charge in [0.2, 0.25) is 0 Å². The van der Waals surface area contributed by atoms with Gasteiger partial charge >= 0.3 is 0 Å². The first kappa shape index (κ1) is 11.2. The maximum Gasteiger partial charge on any atom is 0.0945 e. The van der Waals surface area contributed by atoms with Crippen LogP contribution in [0.2, 0.25) is 0 Å². The van der Waals surface area contributed by atoms with Crippen molar-refractivity contribution in [3.8, 4) is 0 Å². The molecule has 0 amide bonds. The molecule has 14 heavy (non-hydrogen) atoms. The lowest BCUT2D eigenvalue weighted by molar-refractivity contribution is 0.185. The Morgan fingerprint density at radius 2 is 2.21 bits per heavy atom. The van der Waals surface area contributed by atoms with E-state index in [1.54, 1.807) is 6.20 Å². The summed E-state index contributed by atoms with van der Waals surface area (Å²) >= 11 is 0. The minimum absolute atomic E-state index is 0.244. The molecule has 4 nitrogen and oxygen atoms in total. The zero-order valence-electron chi connectivity index (χ0n) is 9.07. The third-order valence-electron chi connectivity index (χ3n) is 2.26. The highest BCUT2D eigenvalue weighted by Crippen LogP contribution is 2.16. The third-order valence-corrected chi connectivity index (χ3v) is 2.26. The molecule has 0 saturated carbocycles. The van der Waals surface area contributed by atoms with Gasteiger partial charge in [-0.05, 0) is 12.8 Å². The molecule has 0 aromatic carbocycles. The monoisotopic (exact) mass is 197 g/mol. The van der Waals surface area contributed by atoms with Crippen LogP contribution in [0.25, 0.3) is 0 Å². The standard InChI is InChI=1S/C10H19N3O/c1-7(2)6-13-8(3)9(5-12-13)10(14)4-11/h5,7,10,14H,4,6,11H2,1-3H3. The molecule has 3 N–H and O–H groups in total. The predicted molar refractivity (Wildman–Crippen MR) is 55.8 cm³/mol. The van der Waals surface area contributed by atoms with Crippen molar-refractivity contribution in [2.75, 3.05) is 6.54 Å². The SMILES string of the molecule is Cc1c(C(O)CN)cnn1CC(C)C. The van der Waals surface area contributed by atoms with Crippen LogP contribution >= 0.6 is 0 Å². The summed E-state index contributed by atoms with van der Waals surface area (Å²) in [6, 6.07) is 0. The van der Waals surface area contributed by atoms with Gasteiger partial charge in [0.25, 0.3) is 0 Å². The van der Waals surface area contributed by atoms with Crippen molar-refractivity contribution in [1.82, 2.24) is 9.78 Å². The van der Waals surface area contributed by atoms with Crippen molar-refractivity contribution < 1.29 is 5.11 Å². The van der Waals surface area contributed by atoms with Gasteiger partial charge in [0.15, 0.2) is 0 Å². The van der Waals surface area contributed by atoms with Crippen molar-refractivity contribution in [3.63, 3.8) is 0 Å². The summed E-state index contributed by atoms with van der Waals surface area (Å²) in [5.74, 6) is 0.552. The largest absolute Gasteiger partial charge is 0.387 e. The van der Waals surface area contributed by atoms with Crippen LogP contribution in [0.15, 0.2) is 6.20 Å². The molecular formula is C10H19N3O. The first-order valence-corrected chi connectivity index (χ1v) is 4.96. The van der Waals surface area contributed by atoms with Gasteiger partial charge in [-0.15, -0.1) is 0 Å². The summed E-state index contributed by atoms with van der Waals surface area (Å²) in [5, 5.41) is 13.8. The van der Waals surface area contributed by atoms with Gasteiger partial charge in [-0.2, -0.15) is 5.10 Å². The highest BCUT2D eigenvalue weighted by molar-refractivity contribution is 5.19. The molecule has 0 bridgehead atoms. The number of rotatable bonds is 4. The second-order valence-electron chi connectivity index (χ2n) is 4.01. The molecule has 0 fully saturated rings. The first-order chi connectivity index (χ1) is 6.56. The molecule has 1 rings (SSSR count). The van der Waals surface area contributed by atoms with E-state index in [1.165, 1.54) is 0 Å². The van der Waals surface area contributed by atoms with Crippen molar-refractivity contribution >= 4 is 0 Å². The van der Waals surface area contributed by atoms with Crippen LogP contribution in [0.4, 0.5) is 0 Å². The fraction of sp³-hybridized carbons (Fsp3) is 0.700. The molecule has 1 heterocycles. The third kappa shape index (κ3) is 2.33. The molecule has 0 spiro atoms. The Morgan fingerprint density at radius 3 is 2.71 bits per heavy atom. The fourth-order valence-corrected chi connectivity index (χ4v) is 1.45. The van der Waals surface area contributed by atoms with E-state index in [9.17, 15) is 5.11 Å². The van der Waals surface area contributed by atoms with E-state index in [2.05, 4.69) is 18.9 Å². The Balaban J connectivity index is 2.85. The van der Waals surface area contributed by atoms with Crippen LogP contribution in [0.1, 0.15) is 31.2 Å². The Kier molecular flexibility index (Phi) is 3.66. The highest BCUT2D eigenvalue weighted by atomic mass is 16.3. The average molecular weight is 197 g/mol. The molecule has 1 atom stereocenters. The molecule has 0 aliphatic carbocycles. The molecular weight excluding hydrogens is 178 g/mol. The van der Waals surface area contributed by atoms with E-state index in [-0.39, 0.29) is 6.54 Å². The normalized spacial score (nSPS) is 13.6. The highest BCUT2D eigenvalue weighted by Gasteiger charge is 2.13. The summed E-state index contributed by atoms with van der Waals surface area (Å²) in [7, 11) is 0. The summed E-state index contributed by atoms with van der Waals surface area (Å²) in [6.45, 7) is 7.36. The lowest BCUT2D eigenvalue weighted by atomic mass is 10.1. The summed E-state index contributed by atoms with van der Waals surface area (Å²) in [5.41, 5.74) is 7.25. The van der Waals surface area contributed by atoms with E-state index in [0.717, 1.165) is 17.8 Å². The Morgan fingerprint density at radius 1 is 1.57 bits per heavy atom. The first-order valence-electron chi connectivity index (χ1n) is 4.96.